The summed E-state index contributed by atoms with van der Waals surface area (Å²) in [6.07, 6.45) is 2.56. The molecule has 0 bridgehead atoms. The van der Waals surface area contributed by atoms with E-state index in [1.54, 1.807) is 23.6 Å². The van der Waals surface area contributed by atoms with Crippen LogP contribution in [0.3, 0.4) is 0 Å². The van der Waals surface area contributed by atoms with Gasteiger partial charge in [0.2, 0.25) is 0 Å². The van der Waals surface area contributed by atoms with Crippen LogP contribution in [-0.2, 0) is 13.0 Å². The number of hydrogen-bond acceptors (Lipinski definition) is 6. The van der Waals surface area contributed by atoms with Crippen LogP contribution in [0, 0.1) is 0 Å². The minimum atomic E-state index is -0.316. The van der Waals surface area contributed by atoms with E-state index in [-0.39, 0.29) is 5.63 Å². The van der Waals surface area contributed by atoms with Gasteiger partial charge in [0, 0.05) is 23.0 Å². The van der Waals surface area contributed by atoms with Gasteiger partial charge < -0.3 is 14.1 Å². The Hall–Kier alpha value is -2.34. The summed E-state index contributed by atoms with van der Waals surface area (Å²) < 4.78 is 11.3. The lowest BCUT2D eigenvalue weighted by Gasteiger charge is -2.29. The first-order valence-electron chi connectivity index (χ1n) is 7.12. The van der Waals surface area contributed by atoms with Gasteiger partial charge in [0.05, 0.1) is 12.1 Å². The van der Waals surface area contributed by atoms with Crippen LogP contribution >= 0.6 is 11.3 Å². The normalized spacial score (nSPS) is 14.0. The Morgan fingerprint density at radius 2 is 2.32 bits per heavy atom. The molecule has 3 aromatic rings. The zero-order valence-corrected chi connectivity index (χ0v) is 12.9. The molecule has 0 N–H and O–H groups in total. The Balaban J connectivity index is 1.89. The molecule has 0 fully saturated rings. The Morgan fingerprint density at radius 1 is 1.41 bits per heavy atom. The molecule has 22 heavy (non-hydrogen) atoms. The van der Waals surface area contributed by atoms with Crippen molar-refractivity contribution in [3.05, 3.63) is 51.3 Å². The van der Waals surface area contributed by atoms with E-state index >= 15 is 0 Å². The predicted molar refractivity (Wildman–Crippen MR) is 85.7 cm³/mol. The second-order valence-corrected chi connectivity index (χ2v) is 6.02. The minimum Gasteiger partial charge on any atom is -0.473 e. The van der Waals surface area contributed by atoms with E-state index in [1.807, 2.05) is 29.3 Å². The number of hydrogen-bond donors (Lipinski definition) is 0. The highest BCUT2D eigenvalue weighted by atomic mass is 32.1. The molecular formula is C16H14N2O3S. The first kappa shape index (κ1) is 13.3. The molecule has 4 rings (SSSR count). The smallest absolute Gasteiger partial charge is 0.336 e. The summed E-state index contributed by atoms with van der Waals surface area (Å²) in [5, 5.41) is 3.81. The highest BCUT2D eigenvalue weighted by Gasteiger charge is 2.23. The van der Waals surface area contributed by atoms with Crippen LogP contribution in [-0.4, -0.2) is 11.7 Å². The number of anilines is 1. The lowest BCUT2D eigenvalue weighted by molar-refractivity contribution is 0.289. The molecule has 0 amide bonds. The summed E-state index contributed by atoms with van der Waals surface area (Å²) >= 11 is 1.56. The third-order valence-electron chi connectivity index (χ3n) is 3.85. The molecule has 1 aromatic carbocycles. The van der Waals surface area contributed by atoms with Gasteiger partial charge in [-0.1, -0.05) is 6.92 Å². The molecule has 0 saturated heterocycles. The molecule has 0 spiro atoms. The summed E-state index contributed by atoms with van der Waals surface area (Å²) in [7, 11) is 0. The van der Waals surface area contributed by atoms with Crippen molar-refractivity contribution in [1.29, 1.82) is 0 Å². The Bertz CT molecular complexity index is 886. The number of aryl methyl sites for hydroxylation is 1. The second-order valence-electron chi connectivity index (χ2n) is 5.15. The quantitative estimate of drug-likeness (QED) is 0.680. The highest BCUT2D eigenvalue weighted by Crippen LogP contribution is 2.35. The number of aromatic nitrogens is 1. The molecule has 1 aliphatic heterocycles. The molecule has 2 aromatic heterocycles. The molecule has 0 unspecified atom stereocenters. The maximum atomic E-state index is 11.8. The van der Waals surface area contributed by atoms with Crippen molar-refractivity contribution in [2.45, 2.75) is 19.9 Å². The molecule has 3 heterocycles. The van der Waals surface area contributed by atoms with Crippen LogP contribution in [0.1, 0.15) is 18.1 Å². The average Bonchev–Trinajstić information content (AvgIpc) is 3.08. The van der Waals surface area contributed by atoms with Gasteiger partial charge in [0.1, 0.15) is 11.3 Å². The zero-order chi connectivity index (χ0) is 15.1. The van der Waals surface area contributed by atoms with Gasteiger partial charge in [0.25, 0.3) is 0 Å². The largest absolute Gasteiger partial charge is 0.473 e. The summed E-state index contributed by atoms with van der Waals surface area (Å²) in [4.78, 5) is 18.2. The molecule has 112 valence electrons. The molecule has 0 atom stereocenters. The Kier molecular flexibility index (Phi) is 3.11. The first-order chi connectivity index (χ1) is 10.8. The van der Waals surface area contributed by atoms with Crippen LogP contribution in [0.5, 0.6) is 5.75 Å². The summed E-state index contributed by atoms with van der Waals surface area (Å²) in [6.45, 7) is 3.10. The van der Waals surface area contributed by atoms with E-state index in [0.29, 0.717) is 18.9 Å². The molecule has 6 heteroatoms. The monoisotopic (exact) mass is 314 g/mol. The maximum Gasteiger partial charge on any atom is 0.336 e. The van der Waals surface area contributed by atoms with E-state index in [0.717, 1.165) is 33.8 Å². The fourth-order valence-electron chi connectivity index (χ4n) is 2.79. The molecule has 0 aliphatic carbocycles. The molecule has 1 aliphatic rings. The minimum absolute atomic E-state index is 0.316. The van der Waals surface area contributed by atoms with E-state index in [4.69, 9.17) is 9.15 Å². The standard InChI is InChI=1S/C16H14N2O3S/c1-2-10-7-14(19)21-15-11(10)3-4-13-12(15)8-18(9-20-13)16-17-5-6-22-16/h3-7H,2,8-9H2,1H3. The topological polar surface area (TPSA) is 55.6 Å². The van der Waals surface area contributed by atoms with E-state index < -0.39 is 0 Å². The van der Waals surface area contributed by atoms with Crippen LogP contribution in [0.4, 0.5) is 5.13 Å². The number of ether oxygens (including phenoxy) is 1. The summed E-state index contributed by atoms with van der Waals surface area (Å²) in [5.41, 5.74) is 2.22. The molecule has 0 saturated carbocycles. The van der Waals surface area contributed by atoms with Crippen molar-refractivity contribution in [2.24, 2.45) is 0 Å². The average molecular weight is 314 g/mol. The van der Waals surface area contributed by atoms with Crippen molar-refractivity contribution < 1.29 is 9.15 Å². The fourth-order valence-corrected chi connectivity index (χ4v) is 3.42. The number of fused-ring (bicyclic) bond motifs is 3. The van der Waals surface area contributed by atoms with E-state index in [2.05, 4.69) is 4.98 Å². The van der Waals surface area contributed by atoms with Crippen LogP contribution < -0.4 is 15.3 Å². The SMILES string of the molecule is CCc1cc(=O)oc2c3c(ccc12)OCN(c1nccs1)C3. The fraction of sp³-hybridized carbons (Fsp3) is 0.250. The lowest BCUT2D eigenvalue weighted by atomic mass is 10.0. The Labute approximate surface area is 130 Å². The third kappa shape index (κ3) is 2.07. The summed E-state index contributed by atoms with van der Waals surface area (Å²) in [6, 6.07) is 5.49. The van der Waals surface area contributed by atoms with Gasteiger partial charge in [-0.3, -0.25) is 0 Å². The van der Waals surface area contributed by atoms with Gasteiger partial charge >= 0.3 is 5.63 Å². The molecular weight excluding hydrogens is 300 g/mol. The van der Waals surface area contributed by atoms with Gasteiger partial charge in [-0.2, -0.15) is 0 Å². The molecule has 0 radical (unpaired) electrons. The maximum absolute atomic E-state index is 11.8. The molecule has 5 nitrogen and oxygen atoms in total. The zero-order valence-electron chi connectivity index (χ0n) is 12.0. The van der Waals surface area contributed by atoms with Crippen molar-refractivity contribution in [2.75, 3.05) is 11.6 Å². The van der Waals surface area contributed by atoms with Crippen molar-refractivity contribution >= 4 is 27.4 Å². The van der Waals surface area contributed by atoms with Gasteiger partial charge in [0.15, 0.2) is 11.9 Å². The second kappa shape index (κ2) is 5.14. The van der Waals surface area contributed by atoms with Crippen molar-refractivity contribution in [3.8, 4) is 5.75 Å². The Morgan fingerprint density at radius 3 is 3.09 bits per heavy atom. The highest BCUT2D eigenvalue weighted by molar-refractivity contribution is 7.13. The summed E-state index contributed by atoms with van der Waals surface area (Å²) in [5.74, 6) is 0.775. The van der Waals surface area contributed by atoms with E-state index in [1.165, 1.54) is 0 Å². The predicted octanol–water partition coefficient (Wildman–Crippen LogP) is 3.17. The van der Waals surface area contributed by atoms with Gasteiger partial charge in [-0.05, 0) is 24.1 Å². The van der Waals surface area contributed by atoms with Crippen LogP contribution in [0.15, 0.2) is 39.0 Å². The number of benzene rings is 1. The number of nitrogens with zero attached hydrogens (tertiary/aromatic N) is 2. The van der Waals surface area contributed by atoms with Gasteiger partial charge in [-0.25, -0.2) is 9.78 Å². The van der Waals surface area contributed by atoms with Crippen molar-refractivity contribution in [1.82, 2.24) is 4.98 Å². The first-order valence-corrected chi connectivity index (χ1v) is 8.00. The van der Waals surface area contributed by atoms with Crippen LogP contribution in [0.25, 0.3) is 11.0 Å². The lowest BCUT2D eigenvalue weighted by Crippen LogP contribution is -2.32. The van der Waals surface area contributed by atoms with Crippen LogP contribution in [0.2, 0.25) is 0 Å². The number of rotatable bonds is 2. The third-order valence-corrected chi connectivity index (χ3v) is 4.69. The number of thiazole rings is 1. The van der Waals surface area contributed by atoms with Crippen molar-refractivity contribution in [3.63, 3.8) is 0 Å². The van der Waals surface area contributed by atoms with Gasteiger partial charge in [-0.15, -0.1) is 11.3 Å². The van der Waals surface area contributed by atoms with E-state index in [9.17, 15) is 4.79 Å².